The molecule has 1 aliphatic rings. The van der Waals surface area contributed by atoms with Crippen LogP contribution >= 0.6 is 0 Å². The first-order valence-corrected chi connectivity index (χ1v) is 9.39. The van der Waals surface area contributed by atoms with Crippen LogP contribution in [0.3, 0.4) is 0 Å². The number of benzene rings is 1. The lowest BCUT2D eigenvalue weighted by Crippen LogP contribution is -2.24. The Morgan fingerprint density at radius 2 is 1.95 bits per heavy atom. The maximum atomic E-state index is 12.1. The highest BCUT2D eigenvalue weighted by Gasteiger charge is 2.18. The van der Waals surface area contributed by atoms with Gasteiger partial charge in [0.15, 0.2) is 0 Å². The summed E-state index contributed by atoms with van der Waals surface area (Å²) in [7, 11) is -3.42. The van der Waals surface area contributed by atoms with E-state index in [1.165, 1.54) is 32.1 Å². The largest absolute Gasteiger partial charge is 0.398 e. The minimum atomic E-state index is -3.42. The average molecular weight is 310 g/mol. The third-order valence-corrected chi connectivity index (χ3v) is 5.66. The molecule has 1 fully saturated rings. The number of anilines is 1. The number of sulfonamides is 1. The highest BCUT2D eigenvalue weighted by atomic mass is 32.2. The number of nitrogens with two attached hydrogens (primary N) is 1. The number of rotatable bonds is 6. The van der Waals surface area contributed by atoms with Gasteiger partial charge in [-0.25, -0.2) is 13.1 Å². The topological polar surface area (TPSA) is 72.2 Å². The molecule has 5 heteroatoms. The van der Waals surface area contributed by atoms with Crippen LogP contribution in [0, 0.1) is 5.92 Å². The summed E-state index contributed by atoms with van der Waals surface area (Å²) in [6.45, 7) is 2.39. The van der Waals surface area contributed by atoms with E-state index >= 15 is 0 Å². The van der Waals surface area contributed by atoms with E-state index < -0.39 is 10.0 Å². The summed E-state index contributed by atoms with van der Waals surface area (Å²) in [5, 5.41) is 0. The molecule has 0 aromatic heterocycles. The molecule has 0 bridgehead atoms. The molecular formula is C16H26N2O2S. The number of nitrogen functional groups attached to an aromatic ring is 1. The summed E-state index contributed by atoms with van der Waals surface area (Å²) in [4.78, 5) is 0.265. The Labute approximate surface area is 128 Å². The van der Waals surface area contributed by atoms with Crippen molar-refractivity contribution in [3.8, 4) is 0 Å². The monoisotopic (exact) mass is 310 g/mol. The minimum Gasteiger partial charge on any atom is -0.398 e. The average Bonchev–Trinajstić information content (AvgIpc) is 2.48. The van der Waals surface area contributed by atoms with Gasteiger partial charge in [0.2, 0.25) is 10.0 Å². The lowest BCUT2D eigenvalue weighted by Gasteiger charge is -2.22. The molecule has 1 aromatic carbocycles. The van der Waals surface area contributed by atoms with Crippen LogP contribution in [-0.4, -0.2) is 15.0 Å². The molecule has 0 amide bonds. The van der Waals surface area contributed by atoms with Crippen molar-refractivity contribution in [3.05, 3.63) is 23.8 Å². The SMILES string of the molecule is CCCNS(=O)(=O)c1ccc(CC2CCCCC2)c(N)c1. The van der Waals surface area contributed by atoms with E-state index in [0.29, 0.717) is 18.2 Å². The number of hydrogen-bond acceptors (Lipinski definition) is 3. The Morgan fingerprint density at radius 3 is 2.57 bits per heavy atom. The van der Waals surface area contributed by atoms with Crippen LogP contribution in [0.15, 0.2) is 23.1 Å². The zero-order valence-electron chi connectivity index (χ0n) is 12.8. The summed E-state index contributed by atoms with van der Waals surface area (Å²) in [6, 6.07) is 5.15. The van der Waals surface area contributed by atoms with Crippen LogP contribution in [0.5, 0.6) is 0 Å². The van der Waals surface area contributed by atoms with Gasteiger partial charge in [-0.05, 0) is 36.5 Å². The van der Waals surface area contributed by atoms with Gasteiger partial charge in [-0.15, -0.1) is 0 Å². The predicted octanol–water partition coefficient (Wildman–Crippen LogP) is 3.08. The molecule has 0 heterocycles. The second-order valence-electron chi connectivity index (χ2n) is 5.97. The van der Waals surface area contributed by atoms with Gasteiger partial charge in [0.25, 0.3) is 0 Å². The summed E-state index contributed by atoms with van der Waals surface area (Å²) < 4.78 is 26.7. The zero-order valence-corrected chi connectivity index (χ0v) is 13.6. The Morgan fingerprint density at radius 1 is 1.24 bits per heavy atom. The fourth-order valence-electron chi connectivity index (χ4n) is 2.95. The second-order valence-corrected chi connectivity index (χ2v) is 7.73. The molecule has 0 saturated heterocycles. The van der Waals surface area contributed by atoms with Gasteiger partial charge in [0.05, 0.1) is 4.90 Å². The van der Waals surface area contributed by atoms with Gasteiger partial charge < -0.3 is 5.73 Å². The zero-order chi connectivity index (χ0) is 15.3. The summed E-state index contributed by atoms with van der Waals surface area (Å²) in [5.41, 5.74) is 7.75. The quantitative estimate of drug-likeness (QED) is 0.793. The third kappa shape index (κ3) is 4.45. The molecule has 0 atom stereocenters. The van der Waals surface area contributed by atoms with Gasteiger partial charge in [-0.1, -0.05) is 45.1 Å². The molecule has 21 heavy (non-hydrogen) atoms. The Bertz CT molecular complexity index is 564. The van der Waals surface area contributed by atoms with E-state index in [4.69, 9.17) is 5.73 Å². The van der Waals surface area contributed by atoms with Gasteiger partial charge in [0, 0.05) is 12.2 Å². The van der Waals surface area contributed by atoms with Crippen LogP contribution in [-0.2, 0) is 16.4 Å². The normalized spacial score (nSPS) is 17.0. The van der Waals surface area contributed by atoms with Crippen molar-refractivity contribution in [1.82, 2.24) is 4.72 Å². The summed E-state index contributed by atoms with van der Waals surface area (Å²) in [6.07, 6.45) is 8.21. The number of hydrogen-bond donors (Lipinski definition) is 2. The van der Waals surface area contributed by atoms with Crippen LogP contribution in [0.1, 0.15) is 51.0 Å². The van der Waals surface area contributed by atoms with Gasteiger partial charge in [-0.2, -0.15) is 0 Å². The lowest BCUT2D eigenvalue weighted by atomic mass is 9.84. The second kappa shape index (κ2) is 7.27. The molecular weight excluding hydrogens is 284 g/mol. The molecule has 0 aliphatic heterocycles. The molecule has 4 nitrogen and oxygen atoms in total. The van der Waals surface area contributed by atoms with Crippen molar-refractivity contribution in [2.75, 3.05) is 12.3 Å². The standard InChI is InChI=1S/C16H26N2O2S/c1-2-10-18-21(19,20)15-9-8-14(16(17)12-15)11-13-6-4-3-5-7-13/h8-9,12-13,18H,2-7,10-11,17H2,1H3. The first kappa shape index (κ1) is 16.3. The van der Waals surface area contributed by atoms with Crippen LogP contribution in [0.4, 0.5) is 5.69 Å². The van der Waals surface area contributed by atoms with E-state index in [2.05, 4.69) is 4.72 Å². The van der Waals surface area contributed by atoms with Crippen molar-refractivity contribution >= 4 is 15.7 Å². The first-order valence-electron chi connectivity index (χ1n) is 7.91. The van der Waals surface area contributed by atoms with Crippen LogP contribution in [0.25, 0.3) is 0 Å². The molecule has 0 spiro atoms. The minimum absolute atomic E-state index is 0.265. The highest BCUT2D eigenvalue weighted by Crippen LogP contribution is 2.29. The van der Waals surface area contributed by atoms with E-state index in [0.717, 1.165) is 18.4 Å². The smallest absolute Gasteiger partial charge is 0.240 e. The van der Waals surface area contributed by atoms with Crippen LogP contribution in [0.2, 0.25) is 0 Å². The van der Waals surface area contributed by atoms with Gasteiger partial charge >= 0.3 is 0 Å². The molecule has 118 valence electrons. The van der Waals surface area contributed by atoms with E-state index in [-0.39, 0.29) is 4.90 Å². The van der Waals surface area contributed by atoms with Crippen molar-refractivity contribution in [2.24, 2.45) is 5.92 Å². The Hall–Kier alpha value is -1.07. The maximum Gasteiger partial charge on any atom is 0.240 e. The fourth-order valence-corrected chi connectivity index (χ4v) is 4.12. The maximum absolute atomic E-state index is 12.1. The van der Waals surface area contributed by atoms with Crippen molar-refractivity contribution < 1.29 is 8.42 Å². The van der Waals surface area contributed by atoms with E-state index in [1.54, 1.807) is 12.1 Å². The molecule has 1 saturated carbocycles. The van der Waals surface area contributed by atoms with Gasteiger partial charge in [-0.3, -0.25) is 0 Å². The molecule has 2 rings (SSSR count). The predicted molar refractivity (Wildman–Crippen MR) is 86.6 cm³/mol. The summed E-state index contributed by atoms with van der Waals surface area (Å²) in [5.74, 6) is 0.696. The lowest BCUT2D eigenvalue weighted by molar-refractivity contribution is 0.357. The Balaban J connectivity index is 2.09. The Kier molecular flexibility index (Phi) is 5.65. The summed E-state index contributed by atoms with van der Waals surface area (Å²) >= 11 is 0. The van der Waals surface area contributed by atoms with Crippen molar-refractivity contribution in [1.29, 1.82) is 0 Å². The number of nitrogens with one attached hydrogen (secondary N) is 1. The van der Waals surface area contributed by atoms with Crippen molar-refractivity contribution in [2.45, 2.75) is 56.8 Å². The van der Waals surface area contributed by atoms with Crippen molar-refractivity contribution in [3.63, 3.8) is 0 Å². The molecule has 0 radical (unpaired) electrons. The fraction of sp³-hybridized carbons (Fsp3) is 0.625. The molecule has 0 unspecified atom stereocenters. The third-order valence-electron chi connectivity index (χ3n) is 4.20. The van der Waals surface area contributed by atoms with E-state index in [9.17, 15) is 8.42 Å². The van der Waals surface area contributed by atoms with Crippen LogP contribution < -0.4 is 10.5 Å². The first-order chi connectivity index (χ1) is 10.0. The van der Waals surface area contributed by atoms with Gasteiger partial charge in [0.1, 0.15) is 0 Å². The molecule has 1 aromatic rings. The highest BCUT2D eigenvalue weighted by molar-refractivity contribution is 7.89. The van der Waals surface area contributed by atoms with E-state index in [1.807, 2.05) is 13.0 Å². The molecule has 1 aliphatic carbocycles. The molecule has 3 N–H and O–H groups in total.